The van der Waals surface area contributed by atoms with Crippen molar-refractivity contribution in [2.24, 2.45) is 0 Å². The first kappa shape index (κ1) is 16.8. The number of hydrogen-bond donors (Lipinski definition) is 0. The molecule has 1 aliphatic rings. The lowest BCUT2D eigenvalue weighted by atomic mass is 10.1. The third kappa shape index (κ3) is 3.00. The van der Waals surface area contributed by atoms with Crippen LogP contribution in [0.4, 0.5) is 13.2 Å². The number of rotatable bonds is 5. The lowest BCUT2D eigenvalue weighted by molar-refractivity contribution is -0.137. The number of benzene rings is 2. The minimum atomic E-state index is -4.48. The molecule has 136 valence electrons. The van der Waals surface area contributed by atoms with E-state index in [9.17, 15) is 13.2 Å². The minimum Gasteiger partial charge on any atom is -0.490 e. The molecule has 0 saturated carbocycles. The second-order valence-corrected chi connectivity index (χ2v) is 6.27. The molecule has 2 heterocycles. The molecular formula is C20H18F3NO2. The molecule has 0 amide bonds. The van der Waals surface area contributed by atoms with Crippen molar-refractivity contribution in [3.05, 3.63) is 59.7 Å². The van der Waals surface area contributed by atoms with Crippen LogP contribution >= 0.6 is 0 Å². The van der Waals surface area contributed by atoms with Crippen LogP contribution in [0.15, 0.2) is 48.5 Å². The van der Waals surface area contributed by atoms with E-state index in [-0.39, 0.29) is 17.9 Å². The van der Waals surface area contributed by atoms with Crippen molar-refractivity contribution in [1.82, 2.24) is 4.57 Å². The van der Waals surface area contributed by atoms with E-state index in [1.807, 2.05) is 30.3 Å². The molecule has 4 rings (SSSR count). The second kappa shape index (κ2) is 6.59. The van der Waals surface area contributed by atoms with E-state index in [0.29, 0.717) is 30.8 Å². The van der Waals surface area contributed by atoms with Crippen molar-refractivity contribution in [2.75, 3.05) is 13.2 Å². The van der Waals surface area contributed by atoms with E-state index < -0.39 is 11.7 Å². The number of ether oxygens (including phenoxy) is 2. The summed E-state index contributed by atoms with van der Waals surface area (Å²) >= 11 is 0. The van der Waals surface area contributed by atoms with Gasteiger partial charge >= 0.3 is 6.18 Å². The number of halogens is 3. The predicted molar refractivity (Wildman–Crippen MR) is 92.7 cm³/mol. The summed E-state index contributed by atoms with van der Waals surface area (Å²) in [6.45, 7) is 0.903. The second-order valence-electron chi connectivity index (χ2n) is 6.27. The summed E-state index contributed by atoms with van der Waals surface area (Å²) in [6.07, 6.45) is -3.08. The summed E-state index contributed by atoms with van der Waals surface area (Å²) < 4.78 is 53.9. The van der Waals surface area contributed by atoms with Gasteiger partial charge in [-0.3, -0.25) is 0 Å². The highest BCUT2D eigenvalue weighted by Gasteiger charge is 2.41. The smallest absolute Gasteiger partial charge is 0.422 e. The maximum Gasteiger partial charge on any atom is 0.422 e. The molecule has 0 unspecified atom stereocenters. The molecule has 0 atom stereocenters. The van der Waals surface area contributed by atoms with Crippen LogP contribution < -0.4 is 9.47 Å². The molecule has 2 aromatic carbocycles. The van der Waals surface area contributed by atoms with Crippen LogP contribution in [-0.2, 0) is 19.1 Å². The maximum absolute atomic E-state index is 13.7. The van der Waals surface area contributed by atoms with Crippen LogP contribution in [0.5, 0.6) is 11.6 Å². The van der Waals surface area contributed by atoms with Gasteiger partial charge in [-0.05, 0) is 24.5 Å². The first-order valence-corrected chi connectivity index (χ1v) is 8.57. The normalized spacial score (nSPS) is 13.7. The van der Waals surface area contributed by atoms with Gasteiger partial charge in [-0.25, -0.2) is 0 Å². The van der Waals surface area contributed by atoms with Gasteiger partial charge < -0.3 is 14.0 Å². The number of nitrogens with zero attached hydrogens (tertiary/aromatic N) is 1. The van der Waals surface area contributed by atoms with E-state index in [1.165, 1.54) is 6.07 Å². The zero-order valence-electron chi connectivity index (χ0n) is 14.1. The summed E-state index contributed by atoms with van der Waals surface area (Å²) in [5, 5.41) is 0.132. The molecule has 1 aliphatic heterocycles. The van der Waals surface area contributed by atoms with E-state index in [4.69, 9.17) is 9.47 Å². The summed E-state index contributed by atoms with van der Waals surface area (Å²) in [5.74, 6) is 0.370. The SMILES string of the molecule is FC(F)(F)c1c(OCCCc2ccccc2)n2c3c(cccc13)OCC2. The van der Waals surface area contributed by atoms with Crippen LogP contribution in [0.2, 0.25) is 0 Å². The fraction of sp³-hybridized carbons (Fsp3) is 0.300. The fourth-order valence-corrected chi connectivity index (χ4v) is 3.44. The number of aromatic nitrogens is 1. The van der Waals surface area contributed by atoms with Crippen molar-refractivity contribution >= 4 is 10.9 Å². The van der Waals surface area contributed by atoms with Crippen molar-refractivity contribution in [3.8, 4) is 11.6 Å². The van der Waals surface area contributed by atoms with Crippen LogP contribution in [-0.4, -0.2) is 17.8 Å². The fourth-order valence-electron chi connectivity index (χ4n) is 3.44. The molecule has 3 nitrogen and oxygen atoms in total. The van der Waals surface area contributed by atoms with E-state index in [0.717, 1.165) is 12.0 Å². The molecule has 0 fully saturated rings. The quantitative estimate of drug-likeness (QED) is 0.593. The Labute approximate surface area is 148 Å². The van der Waals surface area contributed by atoms with Crippen molar-refractivity contribution < 1.29 is 22.6 Å². The molecule has 0 saturated heterocycles. The Hall–Kier alpha value is -2.63. The Bertz CT molecular complexity index is 916. The largest absolute Gasteiger partial charge is 0.490 e. The third-order valence-corrected chi connectivity index (χ3v) is 4.54. The van der Waals surface area contributed by atoms with Crippen molar-refractivity contribution in [3.63, 3.8) is 0 Å². The molecule has 0 spiro atoms. The minimum absolute atomic E-state index is 0.101. The molecule has 3 aromatic rings. The number of alkyl halides is 3. The number of hydrogen-bond acceptors (Lipinski definition) is 2. The zero-order valence-corrected chi connectivity index (χ0v) is 14.1. The maximum atomic E-state index is 13.7. The van der Waals surface area contributed by atoms with E-state index >= 15 is 0 Å². The first-order chi connectivity index (χ1) is 12.6. The van der Waals surface area contributed by atoms with Gasteiger partial charge in [0, 0.05) is 5.39 Å². The lowest BCUT2D eigenvalue weighted by Gasteiger charge is -2.19. The highest BCUT2D eigenvalue weighted by Crippen LogP contribution is 2.46. The third-order valence-electron chi connectivity index (χ3n) is 4.54. The van der Waals surface area contributed by atoms with Gasteiger partial charge in [0.2, 0.25) is 5.88 Å². The number of aryl methyl sites for hydroxylation is 1. The highest BCUT2D eigenvalue weighted by molar-refractivity contribution is 5.92. The van der Waals surface area contributed by atoms with Gasteiger partial charge in [0.15, 0.2) is 0 Å². The van der Waals surface area contributed by atoms with E-state index in [1.54, 1.807) is 16.7 Å². The first-order valence-electron chi connectivity index (χ1n) is 8.57. The summed E-state index contributed by atoms with van der Waals surface area (Å²) in [4.78, 5) is 0. The molecule has 0 aliphatic carbocycles. The summed E-state index contributed by atoms with van der Waals surface area (Å²) in [6, 6.07) is 14.6. The zero-order chi connectivity index (χ0) is 18.1. The topological polar surface area (TPSA) is 23.4 Å². The van der Waals surface area contributed by atoms with Gasteiger partial charge in [0.25, 0.3) is 0 Å². The van der Waals surface area contributed by atoms with Crippen LogP contribution in [0.1, 0.15) is 17.5 Å². The monoisotopic (exact) mass is 361 g/mol. The van der Waals surface area contributed by atoms with Gasteiger partial charge in [-0.2, -0.15) is 13.2 Å². The molecule has 0 bridgehead atoms. The molecule has 6 heteroatoms. The van der Waals surface area contributed by atoms with Gasteiger partial charge in [0.05, 0.1) is 18.7 Å². The Kier molecular flexibility index (Phi) is 4.26. The number of para-hydroxylation sites is 1. The summed E-state index contributed by atoms with van der Waals surface area (Å²) in [5.41, 5.74) is 0.896. The molecule has 0 radical (unpaired) electrons. The van der Waals surface area contributed by atoms with Gasteiger partial charge in [0.1, 0.15) is 17.9 Å². The van der Waals surface area contributed by atoms with Gasteiger partial charge in [-0.15, -0.1) is 0 Å². The van der Waals surface area contributed by atoms with Crippen LogP contribution in [0.25, 0.3) is 10.9 Å². The highest BCUT2D eigenvalue weighted by atomic mass is 19.4. The van der Waals surface area contributed by atoms with Crippen LogP contribution in [0.3, 0.4) is 0 Å². The Morgan fingerprint density at radius 1 is 1.04 bits per heavy atom. The van der Waals surface area contributed by atoms with E-state index in [2.05, 4.69) is 0 Å². The molecule has 26 heavy (non-hydrogen) atoms. The van der Waals surface area contributed by atoms with Gasteiger partial charge in [-0.1, -0.05) is 42.5 Å². The molecule has 0 N–H and O–H groups in total. The lowest BCUT2D eigenvalue weighted by Crippen LogP contribution is -2.16. The van der Waals surface area contributed by atoms with Crippen molar-refractivity contribution in [2.45, 2.75) is 25.6 Å². The Morgan fingerprint density at radius 2 is 1.85 bits per heavy atom. The summed E-state index contributed by atoms with van der Waals surface area (Å²) in [7, 11) is 0. The molecule has 1 aromatic heterocycles. The average Bonchev–Trinajstić information content (AvgIpc) is 2.96. The average molecular weight is 361 g/mol. The molecular weight excluding hydrogens is 343 g/mol. The standard InChI is InChI=1S/C20H18F3NO2/c21-20(22,23)17-15-9-4-10-16-18(15)24(11-13-25-16)19(17)26-12-5-8-14-6-2-1-3-7-14/h1-4,6-7,9-10H,5,8,11-13H2. The van der Waals surface area contributed by atoms with Crippen LogP contribution in [0, 0.1) is 0 Å². The van der Waals surface area contributed by atoms with Crippen molar-refractivity contribution in [1.29, 1.82) is 0 Å². The predicted octanol–water partition coefficient (Wildman–Crippen LogP) is 5.06. The Balaban J connectivity index is 1.63. The Morgan fingerprint density at radius 3 is 2.62 bits per heavy atom.